The van der Waals surface area contributed by atoms with E-state index in [4.69, 9.17) is 0 Å². The lowest BCUT2D eigenvalue weighted by molar-refractivity contribution is -0.117. The Balaban J connectivity index is 2.02. The number of aliphatic imine (C=N–C) groups is 1. The van der Waals surface area contributed by atoms with Crippen molar-refractivity contribution in [3.63, 3.8) is 0 Å². The van der Waals surface area contributed by atoms with E-state index in [1.165, 1.54) is 11.8 Å². The van der Waals surface area contributed by atoms with E-state index in [9.17, 15) is 13.2 Å². The van der Waals surface area contributed by atoms with Gasteiger partial charge in [-0.25, -0.2) is 8.42 Å². The van der Waals surface area contributed by atoms with E-state index < -0.39 is 9.84 Å². The van der Waals surface area contributed by atoms with Gasteiger partial charge in [-0.2, -0.15) is 4.99 Å². The fraction of sp³-hybridized carbons (Fsp3) is 0.529. The molecule has 2 fully saturated rings. The van der Waals surface area contributed by atoms with Gasteiger partial charge < -0.3 is 4.90 Å². The Morgan fingerprint density at radius 2 is 1.92 bits per heavy atom. The van der Waals surface area contributed by atoms with Crippen molar-refractivity contribution in [2.75, 3.05) is 16.4 Å². The molecule has 7 heteroatoms. The summed E-state index contributed by atoms with van der Waals surface area (Å²) in [5, 5.41) is 0.590. The third-order valence-electron chi connectivity index (χ3n) is 4.24. The Morgan fingerprint density at radius 1 is 1.25 bits per heavy atom. The maximum Gasteiger partial charge on any atom is 0.248 e. The van der Waals surface area contributed by atoms with Crippen molar-refractivity contribution in [1.82, 2.24) is 0 Å². The number of hydrogen-bond donors (Lipinski definition) is 0. The Hall–Kier alpha value is -1.34. The molecule has 3 rings (SSSR count). The second kappa shape index (κ2) is 6.52. The van der Waals surface area contributed by atoms with Gasteiger partial charge in [0.2, 0.25) is 5.91 Å². The highest BCUT2D eigenvalue weighted by molar-refractivity contribution is 8.16. The first-order valence-corrected chi connectivity index (χ1v) is 10.9. The molecular formula is C17H22N2O3S2. The zero-order chi connectivity index (χ0) is 17.5. The van der Waals surface area contributed by atoms with Crippen LogP contribution in [0.4, 0.5) is 5.69 Å². The number of hydrogen-bond acceptors (Lipinski definition) is 4. The molecule has 2 saturated heterocycles. The number of nitrogens with zero attached hydrogens (tertiary/aromatic N) is 2. The molecule has 5 nitrogen and oxygen atoms in total. The molecule has 1 aromatic carbocycles. The van der Waals surface area contributed by atoms with Crippen molar-refractivity contribution in [2.24, 2.45) is 4.99 Å². The van der Waals surface area contributed by atoms with Gasteiger partial charge >= 0.3 is 0 Å². The minimum atomic E-state index is -3.03. The molecule has 0 saturated carbocycles. The molecule has 1 amide bonds. The number of thioether (sulfide) groups is 1. The van der Waals surface area contributed by atoms with Crippen LogP contribution in [-0.2, 0) is 14.6 Å². The normalized spacial score (nSPS) is 26.8. The first-order valence-electron chi connectivity index (χ1n) is 8.15. The lowest BCUT2D eigenvalue weighted by Crippen LogP contribution is -2.37. The number of amides is 1. The average molecular weight is 367 g/mol. The zero-order valence-corrected chi connectivity index (χ0v) is 15.8. The van der Waals surface area contributed by atoms with Crippen LogP contribution in [0.5, 0.6) is 0 Å². The van der Waals surface area contributed by atoms with Crippen LogP contribution in [0.1, 0.15) is 30.9 Å². The Morgan fingerprint density at radius 3 is 2.54 bits per heavy atom. The standard InChI is InChI=1S/C17H22N2O3S2/c1-4-5-16(20)18-17-19(13-7-11(2)6-12(3)8-13)14-9-24(21,22)10-15(14)23-17/h6-8,14-15H,4-5,9-10H2,1-3H3/t14-,15-/m0/s1. The summed E-state index contributed by atoms with van der Waals surface area (Å²) in [6, 6.07) is 5.99. The quantitative estimate of drug-likeness (QED) is 0.823. The molecule has 2 heterocycles. The van der Waals surface area contributed by atoms with Crippen molar-refractivity contribution in [3.05, 3.63) is 29.3 Å². The molecule has 1 aromatic rings. The highest BCUT2D eigenvalue weighted by atomic mass is 32.2. The van der Waals surface area contributed by atoms with Gasteiger partial charge in [-0.05, 0) is 43.5 Å². The summed E-state index contributed by atoms with van der Waals surface area (Å²) in [7, 11) is -3.03. The van der Waals surface area contributed by atoms with Gasteiger partial charge in [0, 0.05) is 17.4 Å². The van der Waals surface area contributed by atoms with E-state index >= 15 is 0 Å². The van der Waals surface area contributed by atoms with Gasteiger partial charge in [-0.1, -0.05) is 24.8 Å². The maximum atomic E-state index is 12.0. The third kappa shape index (κ3) is 3.52. The number of carbonyl (C=O) groups excluding carboxylic acids is 1. The number of sulfone groups is 1. The molecule has 0 bridgehead atoms. The fourth-order valence-corrected chi connectivity index (χ4v) is 7.26. The minimum Gasteiger partial charge on any atom is -0.316 e. The Kier molecular flexibility index (Phi) is 4.75. The van der Waals surface area contributed by atoms with Crippen LogP contribution in [0.3, 0.4) is 0 Å². The van der Waals surface area contributed by atoms with Crippen LogP contribution < -0.4 is 4.90 Å². The largest absolute Gasteiger partial charge is 0.316 e. The number of fused-ring (bicyclic) bond motifs is 1. The van der Waals surface area contributed by atoms with Crippen molar-refractivity contribution >= 4 is 38.4 Å². The summed E-state index contributed by atoms with van der Waals surface area (Å²) >= 11 is 1.43. The number of aryl methyl sites for hydroxylation is 2. The predicted octanol–water partition coefficient (Wildman–Crippen LogP) is 2.70. The van der Waals surface area contributed by atoms with Crippen molar-refractivity contribution < 1.29 is 13.2 Å². The molecule has 0 N–H and O–H groups in total. The summed E-state index contributed by atoms with van der Waals surface area (Å²) in [6.45, 7) is 5.98. The molecule has 2 aliphatic rings. The predicted molar refractivity (Wildman–Crippen MR) is 99.6 cm³/mol. The summed E-state index contributed by atoms with van der Waals surface area (Å²) < 4.78 is 24.1. The molecule has 0 radical (unpaired) electrons. The zero-order valence-electron chi connectivity index (χ0n) is 14.2. The van der Waals surface area contributed by atoms with Crippen LogP contribution in [0.15, 0.2) is 23.2 Å². The van der Waals surface area contributed by atoms with Gasteiger partial charge in [-0.15, -0.1) is 0 Å². The van der Waals surface area contributed by atoms with E-state index in [-0.39, 0.29) is 28.7 Å². The van der Waals surface area contributed by atoms with Crippen molar-refractivity contribution in [3.8, 4) is 0 Å². The second-order valence-electron chi connectivity index (χ2n) is 6.55. The van der Waals surface area contributed by atoms with Crippen molar-refractivity contribution in [2.45, 2.75) is 44.9 Å². The van der Waals surface area contributed by atoms with E-state index in [1.54, 1.807) is 0 Å². The molecule has 2 atom stereocenters. The monoisotopic (exact) mass is 366 g/mol. The van der Waals surface area contributed by atoms with Gasteiger partial charge in [0.1, 0.15) is 0 Å². The van der Waals surface area contributed by atoms with Crippen molar-refractivity contribution in [1.29, 1.82) is 0 Å². The van der Waals surface area contributed by atoms with Gasteiger partial charge in [0.05, 0.1) is 17.5 Å². The highest BCUT2D eigenvalue weighted by Crippen LogP contribution is 2.41. The summed E-state index contributed by atoms with van der Waals surface area (Å²) in [5.41, 5.74) is 3.14. The van der Waals surface area contributed by atoms with E-state index in [1.807, 2.05) is 37.8 Å². The lowest BCUT2D eigenvalue weighted by Gasteiger charge is -2.25. The molecule has 0 aromatic heterocycles. The van der Waals surface area contributed by atoms with Crippen LogP contribution in [-0.4, -0.2) is 42.3 Å². The van der Waals surface area contributed by atoms with Crippen LogP contribution in [0, 0.1) is 13.8 Å². The maximum absolute atomic E-state index is 12.0. The highest BCUT2D eigenvalue weighted by Gasteiger charge is 2.49. The average Bonchev–Trinajstić information content (AvgIpc) is 2.88. The number of amidine groups is 1. The molecular weight excluding hydrogens is 344 g/mol. The number of anilines is 1. The Labute approximate surface area is 147 Å². The number of carbonyl (C=O) groups is 1. The molecule has 0 aliphatic carbocycles. The van der Waals surface area contributed by atoms with Crippen LogP contribution in [0.25, 0.3) is 0 Å². The van der Waals surface area contributed by atoms with E-state index in [0.29, 0.717) is 11.6 Å². The van der Waals surface area contributed by atoms with Crippen LogP contribution in [0.2, 0.25) is 0 Å². The van der Waals surface area contributed by atoms with E-state index in [0.717, 1.165) is 23.2 Å². The molecule has 0 spiro atoms. The van der Waals surface area contributed by atoms with Gasteiger partial charge in [0.25, 0.3) is 0 Å². The first-order chi connectivity index (χ1) is 11.3. The minimum absolute atomic E-state index is 0.0519. The lowest BCUT2D eigenvalue weighted by atomic mass is 10.1. The topological polar surface area (TPSA) is 66.8 Å². The fourth-order valence-electron chi connectivity index (χ4n) is 3.33. The second-order valence-corrected chi connectivity index (χ2v) is 9.91. The van der Waals surface area contributed by atoms with Crippen LogP contribution >= 0.6 is 11.8 Å². The first kappa shape index (κ1) is 17.5. The number of rotatable bonds is 3. The van der Waals surface area contributed by atoms with Gasteiger partial charge in [-0.3, -0.25) is 4.79 Å². The van der Waals surface area contributed by atoms with Gasteiger partial charge in [0.15, 0.2) is 15.0 Å². The summed E-state index contributed by atoms with van der Waals surface area (Å²) in [4.78, 5) is 18.3. The molecule has 0 unspecified atom stereocenters. The smallest absolute Gasteiger partial charge is 0.248 e. The summed E-state index contributed by atoms with van der Waals surface area (Å²) in [6.07, 6.45) is 1.17. The Bertz CT molecular complexity index is 782. The summed E-state index contributed by atoms with van der Waals surface area (Å²) in [5.74, 6) is 0.140. The van der Waals surface area contributed by atoms with E-state index in [2.05, 4.69) is 11.1 Å². The molecule has 24 heavy (non-hydrogen) atoms. The molecule has 130 valence electrons. The number of benzene rings is 1. The molecule has 2 aliphatic heterocycles. The third-order valence-corrected chi connectivity index (χ3v) is 7.45. The SMILES string of the molecule is CCCC(=O)N=C1S[C@H]2CS(=O)(=O)C[C@@H]2N1c1cc(C)cc(C)c1.